The molecule has 0 aliphatic rings. The van der Waals surface area contributed by atoms with Crippen LogP contribution in [-0.2, 0) is 0 Å². The van der Waals surface area contributed by atoms with Crippen LogP contribution in [0.15, 0.2) is 24.3 Å². The topological polar surface area (TPSA) is 60.2 Å². The van der Waals surface area contributed by atoms with Gasteiger partial charge in [0.15, 0.2) is 11.6 Å². The van der Waals surface area contributed by atoms with Crippen LogP contribution in [0.2, 0.25) is 0 Å². The molecule has 3 N–H and O–H groups in total. The summed E-state index contributed by atoms with van der Waals surface area (Å²) >= 11 is 0. The number of anilines is 3. The van der Waals surface area contributed by atoms with Gasteiger partial charge in [-0.1, -0.05) is 0 Å². The van der Waals surface area contributed by atoms with Gasteiger partial charge in [-0.15, -0.1) is 0 Å². The lowest BCUT2D eigenvalue weighted by Crippen LogP contribution is -2.01. The Balaban J connectivity index is 2.33. The highest BCUT2D eigenvalue weighted by Gasteiger charge is 2.11. The zero-order valence-corrected chi connectivity index (χ0v) is 9.88. The van der Waals surface area contributed by atoms with E-state index in [0.29, 0.717) is 17.8 Å². The van der Waals surface area contributed by atoms with Gasteiger partial charge in [-0.25, -0.2) is 13.2 Å². The predicted octanol–water partition coefficient (Wildman–Crippen LogP) is 2.83. The number of benzene rings is 1. The molecule has 0 bridgehead atoms. The van der Waals surface area contributed by atoms with Gasteiger partial charge in [0.05, 0.1) is 18.5 Å². The molecule has 0 fully saturated rings. The summed E-state index contributed by atoms with van der Waals surface area (Å²) in [5, 5.41) is 2.51. The first-order valence-electron chi connectivity index (χ1n) is 5.23. The molecule has 2 rings (SSSR count). The van der Waals surface area contributed by atoms with Crippen LogP contribution in [0.25, 0.3) is 0 Å². The van der Waals surface area contributed by atoms with Crippen molar-refractivity contribution in [2.45, 2.75) is 0 Å². The fourth-order valence-electron chi connectivity index (χ4n) is 1.44. The highest BCUT2D eigenvalue weighted by Crippen LogP contribution is 2.25. The molecule has 1 heterocycles. The second-order valence-corrected chi connectivity index (χ2v) is 3.67. The number of hydrogen-bond donors (Lipinski definition) is 2. The molecule has 100 valence electrons. The maximum atomic E-state index is 13.4. The molecule has 0 atom stereocenters. The molecule has 0 amide bonds. The number of nitrogens with two attached hydrogens (primary N) is 1. The number of rotatable bonds is 3. The zero-order chi connectivity index (χ0) is 14.0. The zero-order valence-electron chi connectivity index (χ0n) is 9.88. The summed E-state index contributed by atoms with van der Waals surface area (Å²) in [7, 11) is 1.38. The van der Waals surface area contributed by atoms with E-state index in [2.05, 4.69) is 10.3 Å². The largest absolute Gasteiger partial charge is 0.479 e. The Labute approximate surface area is 107 Å². The fourth-order valence-corrected chi connectivity index (χ4v) is 1.44. The summed E-state index contributed by atoms with van der Waals surface area (Å²) in [5.41, 5.74) is 5.63. The Morgan fingerprint density at radius 3 is 2.47 bits per heavy atom. The highest BCUT2D eigenvalue weighted by atomic mass is 19.2. The summed E-state index contributed by atoms with van der Waals surface area (Å²) in [5.74, 6) is -3.02. The van der Waals surface area contributed by atoms with Crippen LogP contribution < -0.4 is 15.8 Å². The quantitative estimate of drug-likeness (QED) is 0.841. The van der Waals surface area contributed by atoms with E-state index in [0.717, 1.165) is 0 Å². The Morgan fingerprint density at radius 1 is 1.11 bits per heavy atom. The minimum atomic E-state index is -1.26. The average molecular weight is 269 g/mol. The van der Waals surface area contributed by atoms with Crippen LogP contribution in [-0.4, -0.2) is 12.1 Å². The van der Waals surface area contributed by atoms with Crippen LogP contribution >= 0.6 is 0 Å². The second kappa shape index (κ2) is 5.05. The summed E-state index contributed by atoms with van der Waals surface area (Å²) < 4.78 is 44.1. The molecule has 4 nitrogen and oxygen atoms in total. The molecule has 0 saturated heterocycles. The lowest BCUT2D eigenvalue weighted by molar-refractivity contribution is 0.401. The van der Waals surface area contributed by atoms with Gasteiger partial charge in [-0.2, -0.15) is 4.98 Å². The van der Waals surface area contributed by atoms with Gasteiger partial charge in [-0.3, -0.25) is 0 Å². The number of hydrogen-bond acceptors (Lipinski definition) is 4. The normalized spacial score (nSPS) is 10.3. The monoisotopic (exact) mass is 269 g/mol. The minimum Gasteiger partial charge on any atom is -0.479 e. The predicted molar refractivity (Wildman–Crippen MR) is 64.8 cm³/mol. The van der Waals surface area contributed by atoms with Crippen LogP contribution in [0, 0.1) is 17.5 Å². The summed E-state index contributed by atoms with van der Waals surface area (Å²) in [4.78, 5) is 3.94. The Hall–Kier alpha value is -2.44. The first-order valence-corrected chi connectivity index (χ1v) is 5.23. The van der Waals surface area contributed by atoms with Crippen molar-refractivity contribution in [2.24, 2.45) is 0 Å². The second-order valence-electron chi connectivity index (χ2n) is 3.67. The lowest BCUT2D eigenvalue weighted by atomic mass is 10.2. The smallest absolute Gasteiger partial charge is 0.238 e. The highest BCUT2D eigenvalue weighted by molar-refractivity contribution is 5.61. The first-order chi connectivity index (χ1) is 9.01. The van der Waals surface area contributed by atoms with Crippen molar-refractivity contribution in [3.63, 3.8) is 0 Å². The third kappa shape index (κ3) is 2.70. The maximum Gasteiger partial charge on any atom is 0.238 e. The third-order valence-corrected chi connectivity index (χ3v) is 2.36. The molecule has 1 aromatic heterocycles. The van der Waals surface area contributed by atoms with E-state index in [9.17, 15) is 13.2 Å². The summed E-state index contributed by atoms with van der Waals surface area (Å²) in [6, 6.07) is 4.10. The van der Waals surface area contributed by atoms with Gasteiger partial charge >= 0.3 is 0 Å². The molecular weight excluding hydrogens is 259 g/mol. The van der Waals surface area contributed by atoms with Crippen LogP contribution in [0.1, 0.15) is 0 Å². The Bertz CT molecular complexity index is 619. The number of nitrogens with zero attached hydrogens (tertiary/aromatic N) is 1. The van der Waals surface area contributed by atoms with Gasteiger partial charge in [0.1, 0.15) is 11.6 Å². The standard InChI is InChI=1S/C12H10F3N3O/c1-19-12-9(16)2-3-11(18-12)17-10-5-7(14)6(13)4-8(10)15/h2-5H,16H2,1H3,(H,17,18). The van der Waals surface area contributed by atoms with Gasteiger partial charge in [0.2, 0.25) is 5.88 Å². The van der Waals surface area contributed by atoms with Crippen molar-refractivity contribution in [1.82, 2.24) is 4.98 Å². The minimum absolute atomic E-state index is 0.146. The van der Waals surface area contributed by atoms with Crippen molar-refractivity contribution in [3.8, 4) is 5.88 Å². The van der Waals surface area contributed by atoms with Crippen molar-refractivity contribution in [1.29, 1.82) is 0 Å². The molecule has 1 aromatic carbocycles. The number of nitrogen functional groups attached to an aromatic ring is 1. The van der Waals surface area contributed by atoms with E-state index in [1.807, 2.05) is 0 Å². The number of nitrogens with one attached hydrogen (secondary N) is 1. The SMILES string of the molecule is COc1nc(Nc2cc(F)c(F)cc2F)ccc1N. The number of ether oxygens (including phenoxy) is 1. The van der Waals surface area contributed by atoms with Gasteiger partial charge in [-0.05, 0) is 12.1 Å². The van der Waals surface area contributed by atoms with Gasteiger partial charge in [0, 0.05) is 12.1 Å². The molecule has 2 aromatic rings. The molecule has 0 saturated carbocycles. The van der Waals surface area contributed by atoms with Crippen LogP contribution in [0.5, 0.6) is 5.88 Å². The molecule has 19 heavy (non-hydrogen) atoms. The van der Waals surface area contributed by atoms with Crippen molar-refractivity contribution >= 4 is 17.2 Å². The molecule has 0 aliphatic heterocycles. The first kappa shape index (κ1) is 13.0. The van der Waals surface area contributed by atoms with Crippen LogP contribution in [0.4, 0.5) is 30.4 Å². The number of halogens is 3. The maximum absolute atomic E-state index is 13.4. The molecule has 0 aliphatic carbocycles. The molecule has 7 heteroatoms. The van der Waals surface area contributed by atoms with Gasteiger partial charge in [0.25, 0.3) is 0 Å². The molecule has 0 spiro atoms. The van der Waals surface area contributed by atoms with E-state index in [1.165, 1.54) is 19.2 Å². The van der Waals surface area contributed by atoms with E-state index < -0.39 is 17.5 Å². The molecule has 0 radical (unpaired) electrons. The average Bonchev–Trinajstić information content (AvgIpc) is 2.38. The Morgan fingerprint density at radius 2 is 1.79 bits per heavy atom. The van der Waals surface area contributed by atoms with Crippen molar-refractivity contribution < 1.29 is 17.9 Å². The van der Waals surface area contributed by atoms with E-state index in [1.54, 1.807) is 0 Å². The van der Waals surface area contributed by atoms with Gasteiger partial charge < -0.3 is 15.8 Å². The number of pyridine rings is 1. The summed E-state index contributed by atoms with van der Waals surface area (Å²) in [6.45, 7) is 0. The number of methoxy groups -OCH3 is 1. The lowest BCUT2D eigenvalue weighted by Gasteiger charge is -2.09. The fraction of sp³-hybridized carbons (Fsp3) is 0.0833. The Kier molecular flexibility index (Phi) is 3.46. The molecular formula is C12H10F3N3O. The number of aromatic nitrogens is 1. The van der Waals surface area contributed by atoms with E-state index in [-0.39, 0.29) is 17.4 Å². The van der Waals surface area contributed by atoms with Crippen molar-refractivity contribution in [2.75, 3.05) is 18.2 Å². The van der Waals surface area contributed by atoms with Crippen LogP contribution in [0.3, 0.4) is 0 Å². The third-order valence-electron chi connectivity index (χ3n) is 2.36. The van der Waals surface area contributed by atoms with E-state index in [4.69, 9.17) is 10.5 Å². The molecule has 0 unspecified atom stereocenters. The van der Waals surface area contributed by atoms with Crippen molar-refractivity contribution in [3.05, 3.63) is 41.7 Å². The van der Waals surface area contributed by atoms with E-state index >= 15 is 0 Å². The summed E-state index contributed by atoms with van der Waals surface area (Å²) in [6.07, 6.45) is 0.